The van der Waals surface area contributed by atoms with Crippen LogP contribution in [0.15, 0.2) is 48.5 Å². The summed E-state index contributed by atoms with van der Waals surface area (Å²) in [4.78, 5) is 10.7. The molecule has 20 heavy (non-hydrogen) atoms. The molecule has 2 aromatic carbocycles. The zero-order chi connectivity index (χ0) is 14.2. The number of aldehydes is 1. The van der Waals surface area contributed by atoms with Gasteiger partial charge in [-0.2, -0.15) is 0 Å². The quantitative estimate of drug-likeness (QED) is 0.630. The lowest BCUT2D eigenvalue weighted by molar-refractivity contribution is 0.112. The molecule has 0 aromatic heterocycles. The number of carbonyl (C=O) groups is 1. The molecule has 0 unspecified atom stereocenters. The van der Waals surface area contributed by atoms with Crippen LogP contribution < -0.4 is 9.47 Å². The molecule has 0 saturated heterocycles. The smallest absolute Gasteiger partial charge is 0.162 e. The summed E-state index contributed by atoms with van der Waals surface area (Å²) in [5.41, 5.74) is 1.49. The maximum absolute atomic E-state index is 10.7. The number of rotatable bonds is 4. The third kappa shape index (κ3) is 3.63. The molecule has 0 amide bonds. The summed E-state index contributed by atoms with van der Waals surface area (Å²) in [6, 6.07) is 14.7. The minimum Gasteiger partial charge on any atom is -0.493 e. The van der Waals surface area contributed by atoms with Crippen molar-refractivity contribution in [2.24, 2.45) is 0 Å². The van der Waals surface area contributed by atoms with Gasteiger partial charge in [0.05, 0.1) is 7.11 Å². The van der Waals surface area contributed by atoms with Crippen molar-refractivity contribution in [3.63, 3.8) is 0 Å². The summed E-state index contributed by atoms with van der Waals surface area (Å²) >= 11 is 0. The Morgan fingerprint density at radius 1 is 1.10 bits per heavy atom. The van der Waals surface area contributed by atoms with Crippen LogP contribution in [0.3, 0.4) is 0 Å². The number of benzene rings is 2. The second-order valence-corrected chi connectivity index (χ2v) is 3.98. The number of hydrogen-bond acceptors (Lipinski definition) is 3. The molecule has 0 N–H and O–H groups in total. The molecule has 0 spiro atoms. The van der Waals surface area contributed by atoms with E-state index >= 15 is 0 Å². The Bertz CT molecular complexity index is 636. The van der Waals surface area contributed by atoms with Gasteiger partial charge in [0.25, 0.3) is 0 Å². The summed E-state index contributed by atoms with van der Waals surface area (Å²) < 4.78 is 10.7. The standard InChI is InChI=1S/C17H14O3/c1-19-17-12-15(13-18)9-10-16(17)20-11-5-8-14-6-3-2-4-7-14/h2-4,6-7,9-10,12-13H,11H2,1H3. The first-order valence-corrected chi connectivity index (χ1v) is 6.13. The molecule has 2 aromatic rings. The van der Waals surface area contributed by atoms with Crippen molar-refractivity contribution in [3.05, 3.63) is 59.7 Å². The van der Waals surface area contributed by atoms with Gasteiger partial charge >= 0.3 is 0 Å². The molecule has 0 saturated carbocycles. The lowest BCUT2D eigenvalue weighted by atomic mass is 10.2. The predicted octanol–water partition coefficient (Wildman–Crippen LogP) is 2.94. The number of ether oxygens (including phenoxy) is 2. The minimum absolute atomic E-state index is 0.256. The van der Waals surface area contributed by atoms with Crippen molar-refractivity contribution in [1.82, 2.24) is 0 Å². The van der Waals surface area contributed by atoms with Crippen LogP contribution in [0, 0.1) is 11.8 Å². The van der Waals surface area contributed by atoms with Crippen LogP contribution in [0.1, 0.15) is 15.9 Å². The fraction of sp³-hybridized carbons (Fsp3) is 0.118. The Morgan fingerprint density at radius 3 is 2.60 bits per heavy atom. The van der Waals surface area contributed by atoms with Gasteiger partial charge in [-0.05, 0) is 30.3 Å². The molecule has 0 aliphatic carbocycles. The van der Waals surface area contributed by atoms with Crippen molar-refractivity contribution in [3.8, 4) is 23.3 Å². The van der Waals surface area contributed by atoms with Gasteiger partial charge in [-0.15, -0.1) is 0 Å². The highest BCUT2D eigenvalue weighted by atomic mass is 16.5. The van der Waals surface area contributed by atoms with Gasteiger partial charge in [-0.1, -0.05) is 30.0 Å². The normalized spacial score (nSPS) is 9.25. The largest absolute Gasteiger partial charge is 0.493 e. The van der Waals surface area contributed by atoms with Gasteiger partial charge in [0.15, 0.2) is 11.5 Å². The van der Waals surface area contributed by atoms with Crippen LogP contribution in [0.25, 0.3) is 0 Å². The van der Waals surface area contributed by atoms with Gasteiger partial charge in [-0.3, -0.25) is 4.79 Å². The van der Waals surface area contributed by atoms with Gasteiger partial charge in [0, 0.05) is 11.1 Å². The van der Waals surface area contributed by atoms with Crippen LogP contribution >= 0.6 is 0 Å². The van der Waals surface area contributed by atoms with Gasteiger partial charge in [0.1, 0.15) is 12.9 Å². The predicted molar refractivity (Wildman–Crippen MR) is 77.2 cm³/mol. The van der Waals surface area contributed by atoms with Crippen molar-refractivity contribution >= 4 is 6.29 Å². The highest BCUT2D eigenvalue weighted by molar-refractivity contribution is 5.76. The molecule has 2 rings (SSSR count). The second-order valence-electron chi connectivity index (χ2n) is 3.98. The van der Waals surface area contributed by atoms with Crippen molar-refractivity contribution < 1.29 is 14.3 Å². The summed E-state index contributed by atoms with van der Waals surface area (Å²) in [6.07, 6.45) is 0.765. The average Bonchev–Trinajstić information content (AvgIpc) is 2.52. The van der Waals surface area contributed by atoms with Crippen molar-refractivity contribution in [2.75, 3.05) is 13.7 Å². The van der Waals surface area contributed by atoms with Crippen LogP contribution in [0.4, 0.5) is 0 Å². The monoisotopic (exact) mass is 266 g/mol. The average molecular weight is 266 g/mol. The van der Waals surface area contributed by atoms with E-state index in [0.717, 1.165) is 11.8 Å². The zero-order valence-corrected chi connectivity index (χ0v) is 11.1. The summed E-state index contributed by atoms with van der Waals surface area (Å²) in [5.74, 6) is 7.03. The van der Waals surface area contributed by atoms with Crippen LogP contribution in [0.5, 0.6) is 11.5 Å². The molecule has 0 aliphatic heterocycles. The third-order valence-electron chi connectivity index (χ3n) is 2.63. The van der Waals surface area contributed by atoms with Gasteiger partial charge < -0.3 is 9.47 Å². The van der Waals surface area contributed by atoms with E-state index in [1.807, 2.05) is 30.3 Å². The number of hydrogen-bond donors (Lipinski definition) is 0. The summed E-state index contributed by atoms with van der Waals surface area (Å²) in [7, 11) is 1.53. The van der Waals surface area contributed by atoms with Crippen molar-refractivity contribution in [1.29, 1.82) is 0 Å². The fourth-order valence-corrected chi connectivity index (χ4v) is 1.65. The van der Waals surface area contributed by atoms with Crippen LogP contribution in [-0.4, -0.2) is 20.0 Å². The first kappa shape index (κ1) is 13.7. The molecule has 0 fully saturated rings. The van der Waals surface area contributed by atoms with Gasteiger partial charge in [-0.25, -0.2) is 0 Å². The molecule has 100 valence electrons. The molecule has 0 heterocycles. The Kier molecular flexibility index (Phi) is 4.80. The molecule has 0 radical (unpaired) electrons. The van der Waals surface area contributed by atoms with E-state index in [9.17, 15) is 4.79 Å². The molecular formula is C17H14O3. The first-order chi connectivity index (χ1) is 9.83. The van der Waals surface area contributed by atoms with E-state index in [2.05, 4.69) is 11.8 Å². The highest BCUT2D eigenvalue weighted by Gasteiger charge is 2.04. The third-order valence-corrected chi connectivity index (χ3v) is 2.63. The van der Waals surface area contributed by atoms with E-state index in [4.69, 9.17) is 9.47 Å². The SMILES string of the molecule is COc1cc(C=O)ccc1OCC#Cc1ccccc1. The van der Waals surface area contributed by atoms with E-state index in [1.54, 1.807) is 18.2 Å². The van der Waals surface area contributed by atoms with E-state index in [1.165, 1.54) is 7.11 Å². The van der Waals surface area contributed by atoms with E-state index < -0.39 is 0 Å². The lowest BCUT2D eigenvalue weighted by Crippen LogP contribution is -1.97. The number of carbonyl (C=O) groups excluding carboxylic acids is 1. The Balaban J connectivity index is 2.01. The number of methoxy groups -OCH3 is 1. The molecule has 0 aliphatic rings. The van der Waals surface area contributed by atoms with Gasteiger partial charge in [0.2, 0.25) is 0 Å². The lowest BCUT2D eigenvalue weighted by Gasteiger charge is -2.08. The Morgan fingerprint density at radius 2 is 1.90 bits per heavy atom. The molecule has 0 bridgehead atoms. The zero-order valence-electron chi connectivity index (χ0n) is 11.1. The highest BCUT2D eigenvalue weighted by Crippen LogP contribution is 2.27. The summed E-state index contributed by atoms with van der Waals surface area (Å²) in [5, 5.41) is 0. The maximum atomic E-state index is 10.7. The van der Waals surface area contributed by atoms with Crippen molar-refractivity contribution in [2.45, 2.75) is 0 Å². The summed E-state index contributed by atoms with van der Waals surface area (Å²) in [6.45, 7) is 0.256. The van der Waals surface area contributed by atoms with Crippen LogP contribution in [0.2, 0.25) is 0 Å². The Hall–Kier alpha value is -2.73. The molecular weight excluding hydrogens is 252 g/mol. The fourth-order valence-electron chi connectivity index (χ4n) is 1.65. The minimum atomic E-state index is 0.256. The maximum Gasteiger partial charge on any atom is 0.162 e. The molecule has 0 atom stereocenters. The Labute approximate surface area is 118 Å². The first-order valence-electron chi connectivity index (χ1n) is 6.13. The molecule has 3 nitrogen and oxygen atoms in total. The topological polar surface area (TPSA) is 35.5 Å². The molecule has 3 heteroatoms. The van der Waals surface area contributed by atoms with E-state index in [-0.39, 0.29) is 6.61 Å². The second kappa shape index (κ2) is 7.01. The van der Waals surface area contributed by atoms with Crippen LogP contribution in [-0.2, 0) is 0 Å². The van der Waals surface area contributed by atoms with E-state index in [0.29, 0.717) is 17.1 Å².